The van der Waals surface area contributed by atoms with E-state index in [1.807, 2.05) is 24.3 Å². The molecular formula is C17H23N3O4. The van der Waals surface area contributed by atoms with E-state index in [1.165, 1.54) is 0 Å². The van der Waals surface area contributed by atoms with Crippen molar-refractivity contribution in [3.05, 3.63) is 29.8 Å². The number of carbonyl (C=O) groups is 3. The average molecular weight is 333 g/mol. The van der Waals surface area contributed by atoms with Gasteiger partial charge in [-0.05, 0) is 45.2 Å². The van der Waals surface area contributed by atoms with Crippen molar-refractivity contribution in [1.82, 2.24) is 5.32 Å². The van der Waals surface area contributed by atoms with E-state index in [0.717, 1.165) is 11.3 Å². The summed E-state index contributed by atoms with van der Waals surface area (Å²) < 4.78 is 5.13. The second-order valence-corrected chi connectivity index (χ2v) is 6.88. The SMILES string of the molecule is CC(C)(C)OC(=O)N[C@@H](CC1Cc2ccccc2NC1=O)C(N)=O. The number of nitrogens with two attached hydrogens (primary N) is 1. The number of ether oxygens (including phenoxy) is 1. The van der Waals surface area contributed by atoms with Gasteiger partial charge in [-0.15, -0.1) is 0 Å². The van der Waals surface area contributed by atoms with E-state index in [0.29, 0.717) is 6.42 Å². The van der Waals surface area contributed by atoms with Crippen LogP contribution < -0.4 is 16.4 Å². The lowest BCUT2D eigenvalue weighted by Crippen LogP contribution is -2.48. The van der Waals surface area contributed by atoms with Gasteiger partial charge >= 0.3 is 6.09 Å². The summed E-state index contributed by atoms with van der Waals surface area (Å²) in [7, 11) is 0. The topological polar surface area (TPSA) is 111 Å². The molecule has 1 aromatic carbocycles. The fourth-order valence-electron chi connectivity index (χ4n) is 2.58. The van der Waals surface area contributed by atoms with Crippen LogP contribution in [0.15, 0.2) is 24.3 Å². The number of amides is 3. The molecule has 0 fully saturated rings. The lowest BCUT2D eigenvalue weighted by molar-refractivity contribution is -0.122. The van der Waals surface area contributed by atoms with E-state index in [-0.39, 0.29) is 12.3 Å². The maximum atomic E-state index is 12.2. The van der Waals surface area contributed by atoms with Gasteiger partial charge in [-0.25, -0.2) is 4.79 Å². The van der Waals surface area contributed by atoms with Crippen LogP contribution in [0, 0.1) is 5.92 Å². The molecule has 7 heteroatoms. The number of carbonyl (C=O) groups excluding carboxylic acids is 3. The minimum atomic E-state index is -0.971. The summed E-state index contributed by atoms with van der Waals surface area (Å²) >= 11 is 0. The maximum absolute atomic E-state index is 12.2. The Morgan fingerprint density at radius 3 is 2.67 bits per heavy atom. The van der Waals surface area contributed by atoms with Crippen LogP contribution in [0.4, 0.5) is 10.5 Å². The number of nitrogens with one attached hydrogen (secondary N) is 2. The zero-order valence-corrected chi connectivity index (χ0v) is 14.1. The van der Waals surface area contributed by atoms with Crippen molar-refractivity contribution in [2.24, 2.45) is 11.7 Å². The van der Waals surface area contributed by atoms with Crippen LogP contribution in [0.3, 0.4) is 0 Å². The third-order valence-electron chi connectivity index (χ3n) is 3.67. The number of alkyl carbamates (subject to hydrolysis) is 1. The minimum absolute atomic E-state index is 0.120. The number of para-hydroxylation sites is 1. The molecule has 24 heavy (non-hydrogen) atoms. The van der Waals surface area contributed by atoms with E-state index < -0.39 is 29.6 Å². The molecule has 0 aromatic heterocycles. The number of fused-ring (bicyclic) bond motifs is 1. The molecule has 2 rings (SSSR count). The third kappa shape index (κ3) is 4.71. The van der Waals surface area contributed by atoms with Crippen LogP contribution in [-0.4, -0.2) is 29.6 Å². The molecule has 1 unspecified atom stereocenters. The van der Waals surface area contributed by atoms with Crippen LogP contribution >= 0.6 is 0 Å². The first kappa shape index (κ1) is 17.8. The van der Waals surface area contributed by atoms with Crippen molar-refractivity contribution in [3.63, 3.8) is 0 Å². The number of hydrogen-bond acceptors (Lipinski definition) is 4. The number of benzene rings is 1. The lowest BCUT2D eigenvalue weighted by Gasteiger charge is -2.28. The Balaban J connectivity index is 2.04. The van der Waals surface area contributed by atoms with Gasteiger partial charge in [0.2, 0.25) is 11.8 Å². The summed E-state index contributed by atoms with van der Waals surface area (Å²) in [6.07, 6.45) is -0.126. The summed E-state index contributed by atoms with van der Waals surface area (Å²) in [6, 6.07) is 6.50. The quantitative estimate of drug-likeness (QED) is 0.776. The molecule has 1 heterocycles. The molecule has 0 radical (unpaired) electrons. The Hall–Kier alpha value is -2.57. The highest BCUT2D eigenvalue weighted by Crippen LogP contribution is 2.27. The van der Waals surface area contributed by atoms with Crippen molar-refractivity contribution >= 4 is 23.6 Å². The molecule has 3 amide bonds. The molecule has 1 aromatic rings. The molecule has 7 nitrogen and oxygen atoms in total. The normalized spacial score (nSPS) is 18.1. The van der Waals surface area contributed by atoms with Crippen molar-refractivity contribution in [2.75, 3.05) is 5.32 Å². The van der Waals surface area contributed by atoms with Crippen LogP contribution in [-0.2, 0) is 20.7 Å². The summed E-state index contributed by atoms with van der Waals surface area (Å²) in [5, 5.41) is 5.26. The summed E-state index contributed by atoms with van der Waals surface area (Å²) in [5.74, 6) is -1.34. The average Bonchev–Trinajstić information content (AvgIpc) is 2.45. The van der Waals surface area contributed by atoms with Crippen molar-refractivity contribution in [2.45, 2.75) is 45.3 Å². The molecule has 0 bridgehead atoms. The first-order valence-corrected chi connectivity index (χ1v) is 7.83. The second kappa shape index (κ2) is 6.90. The number of anilines is 1. The molecule has 4 N–H and O–H groups in total. The van der Waals surface area contributed by atoms with Crippen LogP contribution in [0.2, 0.25) is 0 Å². The van der Waals surface area contributed by atoms with Gasteiger partial charge in [-0.2, -0.15) is 0 Å². The summed E-state index contributed by atoms with van der Waals surface area (Å²) in [4.78, 5) is 35.7. The zero-order valence-electron chi connectivity index (χ0n) is 14.1. The largest absolute Gasteiger partial charge is 0.444 e. The van der Waals surface area contributed by atoms with Crippen molar-refractivity contribution in [3.8, 4) is 0 Å². The van der Waals surface area contributed by atoms with Crippen LogP contribution in [0.25, 0.3) is 0 Å². The molecule has 1 aliphatic heterocycles. The Kier molecular flexibility index (Phi) is 5.11. The van der Waals surface area contributed by atoms with E-state index >= 15 is 0 Å². The molecule has 0 saturated carbocycles. The van der Waals surface area contributed by atoms with Gasteiger partial charge in [0.05, 0.1) is 0 Å². The standard InChI is InChI=1S/C17H23N3O4/c1-17(2,3)24-16(23)20-13(14(18)21)9-11-8-10-6-4-5-7-12(10)19-15(11)22/h4-7,11,13H,8-9H2,1-3H3,(H2,18,21)(H,19,22)(H,20,23)/t11?,13-/m0/s1. The highest BCUT2D eigenvalue weighted by atomic mass is 16.6. The van der Waals surface area contributed by atoms with Crippen molar-refractivity contribution < 1.29 is 19.1 Å². The lowest BCUT2D eigenvalue weighted by atomic mass is 9.88. The maximum Gasteiger partial charge on any atom is 0.408 e. The van der Waals surface area contributed by atoms with Gasteiger partial charge in [0, 0.05) is 11.6 Å². The first-order chi connectivity index (χ1) is 11.2. The van der Waals surface area contributed by atoms with Gasteiger partial charge < -0.3 is 21.1 Å². The Morgan fingerprint density at radius 2 is 2.04 bits per heavy atom. The molecule has 130 valence electrons. The highest BCUT2D eigenvalue weighted by molar-refractivity contribution is 5.96. The molecular weight excluding hydrogens is 310 g/mol. The number of rotatable bonds is 4. The Bertz CT molecular complexity index is 651. The van der Waals surface area contributed by atoms with E-state index in [9.17, 15) is 14.4 Å². The van der Waals surface area contributed by atoms with E-state index in [1.54, 1.807) is 20.8 Å². The molecule has 0 aliphatic carbocycles. The molecule has 2 atom stereocenters. The van der Waals surface area contributed by atoms with Gasteiger partial charge in [-0.3, -0.25) is 9.59 Å². The minimum Gasteiger partial charge on any atom is -0.444 e. The fourth-order valence-corrected chi connectivity index (χ4v) is 2.58. The number of primary amides is 1. The third-order valence-corrected chi connectivity index (χ3v) is 3.67. The van der Waals surface area contributed by atoms with Gasteiger partial charge in [-0.1, -0.05) is 18.2 Å². The molecule has 1 aliphatic rings. The Morgan fingerprint density at radius 1 is 1.38 bits per heavy atom. The van der Waals surface area contributed by atoms with Crippen LogP contribution in [0.1, 0.15) is 32.8 Å². The van der Waals surface area contributed by atoms with E-state index in [2.05, 4.69) is 10.6 Å². The highest BCUT2D eigenvalue weighted by Gasteiger charge is 2.32. The summed E-state index contributed by atoms with van der Waals surface area (Å²) in [5.41, 5.74) is 6.44. The Labute approximate surface area is 140 Å². The van der Waals surface area contributed by atoms with E-state index in [4.69, 9.17) is 10.5 Å². The smallest absolute Gasteiger partial charge is 0.408 e. The molecule has 0 saturated heterocycles. The fraction of sp³-hybridized carbons (Fsp3) is 0.471. The zero-order chi connectivity index (χ0) is 17.9. The van der Waals surface area contributed by atoms with Gasteiger partial charge in [0.1, 0.15) is 11.6 Å². The van der Waals surface area contributed by atoms with Crippen LogP contribution in [0.5, 0.6) is 0 Å². The van der Waals surface area contributed by atoms with Gasteiger partial charge in [0.15, 0.2) is 0 Å². The predicted molar refractivity (Wildman–Crippen MR) is 89.2 cm³/mol. The second-order valence-electron chi connectivity index (χ2n) is 6.88. The molecule has 0 spiro atoms. The predicted octanol–water partition coefficient (Wildman–Crippen LogP) is 1.57. The first-order valence-electron chi connectivity index (χ1n) is 7.83. The summed E-state index contributed by atoms with van der Waals surface area (Å²) in [6.45, 7) is 5.16. The van der Waals surface area contributed by atoms with Gasteiger partial charge in [0.25, 0.3) is 0 Å². The number of hydrogen-bond donors (Lipinski definition) is 3. The van der Waals surface area contributed by atoms with Crippen molar-refractivity contribution in [1.29, 1.82) is 0 Å². The monoisotopic (exact) mass is 333 g/mol.